The number of carbonyl (C=O) groups excluding carboxylic acids is 1. The van der Waals surface area contributed by atoms with E-state index in [2.05, 4.69) is 19.2 Å². The molecule has 28 heavy (non-hydrogen) atoms. The van der Waals surface area contributed by atoms with E-state index in [0.717, 1.165) is 12.0 Å². The van der Waals surface area contributed by atoms with Gasteiger partial charge < -0.3 is 5.32 Å². The normalized spacial score (nSPS) is 27.5. The van der Waals surface area contributed by atoms with Crippen molar-refractivity contribution in [2.75, 3.05) is 32.7 Å². The molecular formula is C21H33N3O3S. The van der Waals surface area contributed by atoms with Gasteiger partial charge in [-0.1, -0.05) is 44.4 Å². The monoisotopic (exact) mass is 407 g/mol. The second-order valence-corrected chi connectivity index (χ2v) is 10.4. The lowest BCUT2D eigenvalue weighted by molar-refractivity contribution is -0.124. The summed E-state index contributed by atoms with van der Waals surface area (Å²) in [6, 6.07) is 7.23. The molecule has 0 bridgehead atoms. The van der Waals surface area contributed by atoms with Crippen molar-refractivity contribution < 1.29 is 13.2 Å². The van der Waals surface area contributed by atoms with E-state index in [4.69, 9.17) is 0 Å². The summed E-state index contributed by atoms with van der Waals surface area (Å²) in [7, 11) is -3.46. The van der Waals surface area contributed by atoms with Crippen molar-refractivity contribution in [3.05, 3.63) is 29.8 Å². The summed E-state index contributed by atoms with van der Waals surface area (Å²) in [4.78, 5) is 14.9. The molecule has 0 unspecified atom stereocenters. The van der Waals surface area contributed by atoms with Gasteiger partial charge in [-0.15, -0.1) is 0 Å². The van der Waals surface area contributed by atoms with E-state index in [1.54, 1.807) is 12.1 Å². The smallest absolute Gasteiger partial charge is 0.243 e. The predicted molar refractivity (Wildman–Crippen MR) is 110 cm³/mol. The first kappa shape index (κ1) is 21.3. The number of rotatable bonds is 5. The fourth-order valence-electron chi connectivity index (χ4n) is 4.23. The molecule has 1 aromatic rings. The number of carbonyl (C=O) groups is 1. The number of sulfonamides is 1. The Hall–Kier alpha value is -1.44. The number of benzene rings is 1. The van der Waals surface area contributed by atoms with E-state index < -0.39 is 10.0 Å². The Morgan fingerprint density at radius 2 is 1.71 bits per heavy atom. The molecule has 1 aromatic carbocycles. The minimum Gasteiger partial charge on any atom is -0.352 e. The van der Waals surface area contributed by atoms with Crippen molar-refractivity contribution in [3.63, 3.8) is 0 Å². The summed E-state index contributed by atoms with van der Waals surface area (Å²) in [5.41, 5.74) is 1.04. The molecule has 1 saturated heterocycles. The number of nitrogens with zero attached hydrogens (tertiary/aromatic N) is 2. The maximum atomic E-state index is 12.8. The molecule has 0 radical (unpaired) electrons. The maximum Gasteiger partial charge on any atom is 0.243 e. The highest BCUT2D eigenvalue weighted by Gasteiger charge is 2.31. The van der Waals surface area contributed by atoms with Crippen molar-refractivity contribution in [3.8, 4) is 0 Å². The summed E-state index contributed by atoms with van der Waals surface area (Å²) in [5, 5.41) is 3.21. The number of hydrogen-bond donors (Lipinski definition) is 1. The van der Waals surface area contributed by atoms with E-state index in [0.29, 0.717) is 49.5 Å². The first-order valence-electron chi connectivity index (χ1n) is 10.4. The van der Waals surface area contributed by atoms with Crippen LogP contribution in [0, 0.1) is 18.8 Å². The molecule has 2 aliphatic rings. The zero-order chi connectivity index (χ0) is 20.3. The van der Waals surface area contributed by atoms with E-state index in [1.165, 1.54) is 17.1 Å². The summed E-state index contributed by atoms with van der Waals surface area (Å²) in [6.45, 7) is 8.76. The van der Waals surface area contributed by atoms with Crippen molar-refractivity contribution in [1.82, 2.24) is 14.5 Å². The molecule has 0 spiro atoms. The lowest BCUT2D eigenvalue weighted by atomic mass is 9.78. The number of aryl methyl sites for hydroxylation is 1. The Morgan fingerprint density at radius 1 is 1.07 bits per heavy atom. The van der Waals surface area contributed by atoms with Gasteiger partial charge in [0.25, 0.3) is 0 Å². The molecule has 156 valence electrons. The Labute approximate surface area is 169 Å². The van der Waals surface area contributed by atoms with Crippen LogP contribution in [0.1, 0.15) is 38.7 Å². The lowest BCUT2D eigenvalue weighted by Crippen LogP contribution is -2.52. The molecule has 1 saturated carbocycles. The van der Waals surface area contributed by atoms with Crippen molar-refractivity contribution in [2.24, 2.45) is 11.8 Å². The molecule has 1 aliphatic carbocycles. The van der Waals surface area contributed by atoms with Crippen LogP contribution in [0.3, 0.4) is 0 Å². The average molecular weight is 408 g/mol. The van der Waals surface area contributed by atoms with Crippen molar-refractivity contribution in [2.45, 2.75) is 51.0 Å². The van der Waals surface area contributed by atoms with Gasteiger partial charge in [-0.3, -0.25) is 9.69 Å². The SMILES string of the molecule is Cc1ccc(S(=O)(=O)N2CCN(CC(=O)N[C@H]3CCC[C@H](C)[C@H]3C)CC2)cc1. The van der Waals surface area contributed by atoms with E-state index >= 15 is 0 Å². The van der Waals surface area contributed by atoms with Gasteiger partial charge in [0.1, 0.15) is 0 Å². The minimum atomic E-state index is -3.46. The Kier molecular flexibility index (Phi) is 6.78. The van der Waals surface area contributed by atoms with Gasteiger partial charge in [-0.25, -0.2) is 8.42 Å². The first-order chi connectivity index (χ1) is 13.3. The summed E-state index contributed by atoms with van der Waals surface area (Å²) < 4.78 is 27.1. The van der Waals surface area contributed by atoms with Gasteiger partial charge >= 0.3 is 0 Å². The van der Waals surface area contributed by atoms with E-state index in [-0.39, 0.29) is 11.9 Å². The van der Waals surface area contributed by atoms with Gasteiger partial charge in [0.05, 0.1) is 11.4 Å². The topological polar surface area (TPSA) is 69.7 Å². The van der Waals surface area contributed by atoms with Gasteiger partial charge in [-0.05, 0) is 37.3 Å². The van der Waals surface area contributed by atoms with Crippen LogP contribution < -0.4 is 5.32 Å². The summed E-state index contributed by atoms with van der Waals surface area (Å²) in [5.74, 6) is 1.21. The molecule has 2 fully saturated rings. The fourth-order valence-corrected chi connectivity index (χ4v) is 5.65. The summed E-state index contributed by atoms with van der Waals surface area (Å²) >= 11 is 0. The summed E-state index contributed by atoms with van der Waals surface area (Å²) in [6.07, 6.45) is 3.47. The second kappa shape index (κ2) is 8.93. The zero-order valence-electron chi connectivity index (χ0n) is 17.2. The third-order valence-corrected chi connectivity index (χ3v) is 8.32. The molecule has 3 atom stereocenters. The zero-order valence-corrected chi connectivity index (χ0v) is 18.0. The second-order valence-electron chi connectivity index (χ2n) is 8.43. The molecule has 1 heterocycles. The maximum absolute atomic E-state index is 12.8. The molecular weight excluding hydrogens is 374 g/mol. The van der Waals surface area contributed by atoms with Gasteiger partial charge in [0.15, 0.2) is 0 Å². The molecule has 7 heteroatoms. The molecule has 6 nitrogen and oxygen atoms in total. The van der Waals surface area contributed by atoms with Crippen LogP contribution in [0.25, 0.3) is 0 Å². The fraction of sp³-hybridized carbons (Fsp3) is 0.667. The predicted octanol–water partition coefficient (Wildman–Crippen LogP) is 2.24. The molecule has 0 aromatic heterocycles. The Morgan fingerprint density at radius 3 is 2.36 bits per heavy atom. The Balaban J connectivity index is 1.50. The molecule has 3 rings (SSSR count). The lowest BCUT2D eigenvalue weighted by Gasteiger charge is -2.36. The first-order valence-corrected chi connectivity index (χ1v) is 11.8. The van der Waals surface area contributed by atoms with Crippen molar-refractivity contribution in [1.29, 1.82) is 0 Å². The quantitative estimate of drug-likeness (QED) is 0.813. The van der Waals surface area contributed by atoms with E-state index in [1.807, 2.05) is 24.0 Å². The van der Waals surface area contributed by atoms with Gasteiger partial charge in [-0.2, -0.15) is 4.31 Å². The highest BCUT2D eigenvalue weighted by atomic mass is 32.2. The molecule has 1 aliphatic heterocycles. The molecule has 1 amide bonds. The van der Waals surface area contributed by atoms with Crippen LogP contribution in [0.2, 0.25) is 0 Å². The van der Waals surface area contributed by atoms with Gasteiger partial charge in [0, 0.05) is 32.2 Å². The highest BCUT2D eigenvalue weighted by Crippen LogP contribution is 2.29. The van der Waals surface area contributed by atoms with Crippen LogP contribution in [-0.4, -0.2) is 62.3 Å². The third kappa shape index (κ3) is 4.93. The average Bonchev–Trinajstić information content (AvgIpc) is 2.66. The largest absolute Gasteiger partial charge is 0.352 e. The minimum absolute atomic E-state index is 0.0563. The number of piperazine rings is 1. The molecule has 1 N–H and O–H groups in total. The van der Waals surface area contributed by atoms with Gasteiger partial charge in [0.2, 0.25) is 15.9 Å². The highest BCUT2D eigenvalue weighted by molar-refractivity contribution is 7.89. The Bertz CT molecular complexity index is 771. The third-order valence-electron chi connectivity index (χ3n) is 6.41. The van der Waals surface area contributed by atoms with Crippen LogP contribution in [-0.2, 0) is 14.8 Å². The van der Waals surface area contributed by atoms with E-state index in [9.17, 15) is 13.2 Å². The van der Waals surface area contributed by atoms with Crippen LogP contribution in [0.4, 0.5) is 0 Å². The number of amides is 1. The standard InChI is InChI=1S/C21H33N3O3S/c1-16-7-9-19(10-8-16)28(26,27)24-13-11-23(12-14-24)15-21(25)22-20-6-4-5-17(2)18(20)3/h7-10,17-18,20H,4-6,11-15H2,1-3H3,(H,22,25)/t17-,18+,20-/m0/s1. The van der Waals surface area contributed by atoms with Crippen LogP contribution in [0.5, 0.6) is 0 Å². The number of hydrogen-bond acceptors (Lipinski definition) is 4. The number of nitrogens with one attached hydrogen (secondary N) is 1. The van der Waals surface area contributed by atoms with Crippen LogP contribution >= 0.6 is 0 Å². The van der Waals surface area contributed by atoms with Crippen molar-refractivity contribution >= 4 is 15.9 Å². The van der Waals surface area contributed by atoms with Crippen LogP contribution in [0.15, 0.2) is 29.2 Å².